The van der Waals surface area contributed by atoms with Crippen LogP contribution in [0.5, 0.6) is 5.75 Å². The number of nitrogens with one attached hydrogen (secondary N) is 2. The molecule has 4 rings (SSSR count). The molecular weight excluding hydrogens is 375 g/mol. The maximum absolute atomic E-state index is 13.4. The van der Waals surface area contributed by atoms with Crippen LogP contribution in [0.25, 0.3) is 10.9 Å². The number of rotatable bonds is 5. The molecular formula is C20H21FN6O2. The summed E-state index contributed by atoms with van der Waals surface area (Å²) in [7, 11) is 1.60. The normalized spacial score (nSPS) is 16.1. The fourth-order valence-corrected chi connectivity index (χ4v) is 3.48. The number of ether oxygens (including phenoxy) is 1. The second kappa shape index (κ2) is 7.86. The van der Waals surface area contributed by atoms with E-state index in [1.807, 2.05) is 18.2 Å². The van der Waals surface area contributed by atoms with Gasteiger partial charge < -0.3 is 20.3 Å². The minimum atomic E-state index is -0.588. The van der Waals surface area contributed by atoms with Gasteiger partial charge in [-0.05, 0) is 24.6 Å². The molecule has 1 aliphatic rings. The summed E-state index contributed by atoms with van der Waals surface area (Å²) in [5.41, 5.74) is 1.21. The van der Waals surface area contributed by atoms with Gasteiger partial charge in [0.1, 0.15) is 11.6 Å². The van der Waals surface area contributed by atoms with Gasteiger partial charge >= 0.3 is 0 Å². The Morgan fingerprint density at radius 3 is 2.90 bits per heavy atom. The van der Waals surface area contributed by atoms with E-state index in [1.165, 1.54) is 19.2 Å². The molecule has 0 spiro atoms. The molecule has 0 aliphatic carbocycles. The number of nitrogens with zero attached hydrogens (tertiary/aromatic N) is 4. The number of benzene rings is 1. The Kier molecular flexibility index (Phi) is 5.11. The fourth-order valence-electron chi connectivity index (χ4n) is 3.48. The lowest BCUT2D eigenvalue weighted by Gasteiger charge is -2.21. The molecule has 8 nitrogen and oxygen atoms in total. The molecule has 150 valence electrons. The number of aromatic nitrogens is 3. The molecule has 3 heterocycles. The van der Waals surface area contributed by atoms with E-state index in [0.717, 1.165) is 24.2 Å². The van der Waals surface area contributed by atoms with Crippen molar-refractivity contribution >= 4 is 34.3 Å². The molecule has 29 heavy (non-hydrogen) atoms. The lowest BCUT2D eigenvalue weighted by atomic mass is 10.2. The topological polar surface area (TPSA) is 92.3 Å². The predicted molar refractivity (Wildman–Crippen MR) is 108 cm³/mol. The number of fused-ring (bicyclic) bond motifs is 1. The van der Waals surface area contributed by atoms with Gasteiger partial charge in [-0.2, -0.15) is 9.37 Å². The molecule has 1 unspecified atom stereocenters. The average Bonchev–Trinajstić information content (AvgIpc) is 3.14. The third kappa shape index (κ3) is 4.18. The van der Waals surface area contributed by atoms with Crippen molar-refractivity contribution in [3.05, 3.63) is 42.5 Å². The second-order valence-electron chi connectivity index (χ2n) is 6.88. The van der Waals surface area contributed by atoms with Gasteiger partial charge in [0.25, 0.3) is 0 Å². The highest BCUT2D eigenvalue weighted by atomic mass is 19.1. The Balaban J connectivity index is 1.72. The van der Waals surface area contributed by atoms with Gasteiger partial charge in [0.15, 0.2) is 0 Å². The summed E-state index contributed by atoms with van der Waals surface area (Å²) in [5.74, 6) is 1.14. The van der Waals surface area contributed by atoms with Crippen molar-refractivity contribution in [2.45, 2.75) is 19.4 Å². The van der Waals surface area contributed by atoms with Gasteiger partial charge in [-0.15, -0.1) is 0 Å². The number of methoxy groups -OCH3 is 1. The third-order valence-corrected chi connectivity index (χ3v) is 4.76. The van der Waals surface area contributed by atoms with Crippen LogP contribution in [0.15, 0.2) is 36.5 Å². The van der Waals surface area contributed by atoms with Gasteiger partial charge in [-0.1, -0.05) is 0 Å². The minimum absolute atomic E-state index is 0.0452. The molecule has 2 aromatic heterocycles. The van der Waals surface area contributed by atoms with Crippen LogP contribution in [0.3, 0.4) is 0 Å². The van der Waals surface area contributed by atoms with Gasteiger partial charge in [-0.25, -0.2) is 9.97 Å². The Labute approximate surface area is 167 Å². The maximum Gasteiger partial charge on any atom is 0.229 e. The van der Waals surface area contributed by atoms with E-state index in [-0.39, 0.29) is 11.9 Å². The zero-order valence-electron chi connectivity index (χ0n) is 16.1. The van der Waals surface area contributed by atoms with Crippen LogP contribution in [-0.4, -0.2) is 47.1 Å². The van der Waals surface area contributed by atoms with Crippen molar-refractivity contribution in [1.29, 1.82) is 0 Å². The highest BCUT2D eigenvalue weighted by Crippen LogP contribution is 2.31. The van der Waals surface area contributed by atoms with Gasteiger partial charge in [0, 0.05) is 55.5 Å². The van der Waals surface area contributed by atoms with Crippen molar-refractivity contribution in [3.8, 4) is 5.75 Å². The Bertz CT molecular complexity index is 1060. The molecule has 1 aromatic carbocycles. The Hall–Kier alpha value is -3.49. The monoisotopic (exact) mass is 396 g/mol. The predicted octanol–water partition coefficient (Wildman–Crippen LogP) is 2.63. The van der Waals surface area contributed by atoms with Crippen LogP contribution in [0.4, 0.5) is 21.8 Å². The van der Waals surface area contributed by atoms with E-state index in [1.54, 1.807) is 13.2 Å². The SMILES string of the molecule is COc1ccc2c(N3CCC(NC(C)=O)C3)nc(Nc3ccnc(F)c3)nc2c1. The summed E-state index contributed by atoms with van der Waals surface area (Å²) in [6, 6.07) is 8.61. The van der Waals surface area contributed by atoms with Crippen molar-refractivity contribution in [2.24, 2.45) is 0 Å². The van der Waals surface area contributed by atoms with Crippen LogP contribution in [0.1, 0.15) is 13.3 Å². The first-order valence-corrected chi connectivity index (χ1v) is 9.28. The maximum atomic E-state index is 13.4. The zero-order valence-corrected chi connectivity index (χ0v) is 16.1. The summed E-state index contributed by atoms with van der Waals surface area (Å²) < 4.78 is 18.8. The number of amides is 1. The van der Waals surface area contributed by atoms with E-state index in [2.05, 4.69) is 30.5 Å². The quantitative estimate of drug-likeness (QED) is 0.641. The molecule has 3 aromatic rings. The van der Waals surface area contributed by atoms with Gasteiger partial charge in [-0.3, -0.25) is 4.79 Å². The van der Waals surface area contributed by atoms with E-state index in [9.17, 15) is 9.18 Å². The molecule has 0 radical (unpaired) electrons. The van der Waals surface area contributed by atoms with E-state index in [0.29, 0.717) is 29.4 Å². The molecule has 1 atom stereocenters. The molecule has 1 aliphatic heterocycles. The molecule has 1 saturated heterocycles. The van der Waals surface area contributed by atoms with Crippen molar-refractivity contribution in [3.63, 3.8) is 0 Å². The number of carbonyl (C=O) groups is 1. The Morgan fingerprint density at radius 2 is 2.14 bits per heavy atom. The van der Waals surface area contributed by atoms with Gasteiger partial charge in [0.05, 0.1) is 12.6 Å². The molecule has 1 amide bonds. The highest BCUT2D eigenvalue weighted by Gasteiger charge is 2.26. The molecule has 9 heteroatoms. The summed E-state index contributed by atoms with van der Waals surface area (Å²) in [6.07, 6.45) is 2.21. The number of carbonyl (C=O) groups excluding carboxylic acids is 1. The number of hydrogen-bond acceptors (Lipinski definition) is 7. The zero-order chi connectivity index (χ0) is 20.4. The first-order chi connectivity index (χ1) is 14.0. The standard InChI is InChI=1S/C20H21FN6O2/c1-12(28)23-14-6-8-27(11-14)19-16-4-3-15(29-2)10-17(16)25-20(26-19)24-13-5-7-22-18(21)9-13/h3-5,7,9-10,14H,6,8,11H2,1-2H3,(H,23,28)(H,22,24,25,26). The number of hydrogen-bond donors (Lipinski definition) is 2. The highest BCUT2D eigenvalue weighted by molar-refractivity contribution is 5.92. The first kappa shape index (κ1) is 18.9. The van der Waals surface area contributed by atoms with E-state index < -0.39 is 5.95 Å². The molecule has 2 N–H and O–H groups in total. The number of halogens is 1. The van der Waals surface area contributed by atoms with E-state index in [4.69, 9.17) is 4.74 Å². The smallest absolute Gasteiger partial charge is 0.229 e. The fraction of sp³-hybridized carbons (Fsp3) is 0.300. The van der Waals surface area contributed by atoms with E-state index >= 15 is 0 Å². The molecule has 1 fully saturated rings. The minimum Gasteiger partial charge on any atom is -0.497 e. The summed E-state index contributed by atoms with van der Waals surface area (Å²) in [4.78, 5) is 26.3. The van der Waals surface area contributed by atoms with Crippen LogP contribution >= 0.6 is 0 Å². The van der Waals surface area contributed by atoms with Crippen LogP contribution in [0, 0.1) is 5.95 Å². The van der Waals surface area contributed by atoms with Crippen molar-refractivity contribution < 1.29 is 13.9 Å². The molecule has 0 saturated carbocycles. The lowest BCUT2D eigenvalue weighted by Crippen LogP contribution is -2.35. The first-order valence-electron chi connectivity index (χ1n) is 9.28. The van der Waals surface area contributed by atoms with Gasteiger partial charge in [0.2, 0.25) is 17.8 Å². The third-order valence-electron chi connectivity index (χ3n) is 4.76. The summed E-state index contributed by atoms with van der Waals surface area (Å²) in [5, 5.41) is 6.88. The summed E-state index contributed by atoms with van der Waals surface area (Å²) in [6.45, 7) is 2.93. The van der Waals surface area contributed by atoms with Crippen LogP contribution in [0.2, 0.25) is 0 Å². The van der Waals surface area contributed by atoms with Crippen LogP contribution < -0.4 is 20.3 Å². The summed E-state index contributed by atoms with van der Waals surface area (Å²) >= 11 is 0. The Morgan fingerprint density at radius 1 is 1.28 bits per heavy atom. The van der Waals surface area contributed by atoms with Crippen LogP contribution in [-0.2, 0) is 4.79 Å². The largest absolute Gasteiger partial charge is 0.497 e. The average molecular weight is 396 g/mol. The number of anilines is 3. The van der Waals surface area contributed by atoms with Crippen molar-refractivity contribution in [1.82, 2.24) is 20.3 Å². The molecule has 0 bridgehead atoms. The number of pyridine rings is 1. The second-order valence-corrected chi connectivity index (χ2v) is 6.88. The van der Waals surface area contributed by atoms with Crippen molar-refractivity contribution in [2.75, 3.05) is 30.4 Å². The lowest BCUT2D eigenvalue weighted by molar-refractivity contribution is -0.119.